The average molecular weight is 597 g/mol. The van der Waals surface area contributed by atoms with Crippen molar-refractivity contribution in [3.8, 4) is 22.3 Å². The van der Waals surface area contributed by atoms with Crippen molar-refractivity contribution in [2.24, 2.45) is 0 Å². The Morgan fingerprint density at radius 3 is 1.35 bits per heavy atom. The second-order valence-corrected chi connectivity index (χ2v) is 13.0. The number of hydrogen-bond donors (Lipinski definition) is 0. The molecule has 6 rings (SSSR count). The maximum atomic E-state index is 14.1. The molecule has 0 N–H and O–H groups in total. The summed E-state index contributed by atoms with van der Waals surface area (Å²) >= 11 is 0. The zero-order chi connectivity index (χ0) is 30.3. The van der Waals surface area contributed by atoms with Crippen LogP contribution < -0.4 is 0 Å². The van der Waals surface area contributed by atoms with E-state index in [1.165, 1.54) is 6.92 Å². The van der Waals surface area contributed by atoms with E-state index < -0.39 is 51.3 Å². The molecule has 0 aliphatic heterocycles. The van der Waals surface area contributed by atoms with Crippen LogP contribution in [0.5, 0.6) is 0 Å². The summed E-state index contributed by atoms with van der Waals surface area (Å²) in [6.45, 7) is 1.43. The summed E-state index contributed by atoms with van der Waals surface area (Å²) in [6, 6.07) is 29.8. The molecule has 0 aromatic heterocycles. The van der Waals surface area contributed by atoms with Crippen LogP contribution >= 0.6 is 0 Å². The van der Waals surface area contributed by atoms with E-state index in [1.54, 1.807) is 0 Å². The summed E-state index contributed by atoms with van der Waals surface area (Å²) < 4.78 is 41.2. The van der Waals surface area contributed by atoms with Crippen molar-refractivity contribution >= 4 is 28.2 Å². The molecule has 218 valence electrons. The van der Waals surface area contributed by atoms with Gasteiger partial charge in [0.1, 0.15) is 0 Å². The van der Waals surface area contributed by atoms with Crippen LogP contribution in [0.15, 0.2) is 97.1 Å². The fraction of sp³-hybridized carbons (Fsp3) is 0.206. The molecule has 3 unspecified atom stereocenters. The predicted molar refractivity (Wildman–Crippen MR) is 159 cm³/mol. The average Bonchev–Trinajstić information content (AvgIpc) is 3.51. The van der Waals surface area contributed by atoms with E-state index in [9.17, 15) is 22.8 Å². The molecule has 9 heteroatoms. The van der Waals surface area contributed by atoms with Crippen LogP contribution in [0.25, 0.3) is 22.3 Å². The molecular weight excluding hydrogens is 568 g/mol. The topological polar surface area (TPSA) is 113 Å². The van der Waals surface area contributed by atoms with Crippen LogP contribution in [-0.4, -0.2) is 50.7 Å². The Bertz CT molecular complexity index is 1760. The third kappa shape index (κ3) is 4.99. The summed E-state index contributed by atoms with van der Waals surface area (Å²) in [5.41, 5.74) is 5.00. The van der Waals surface area contributed by atoms with Gasteiger partial charge in [-0.05, 0) is 51.4 Å². The van der Waals surface area contributed by atoms with Crippen LogP contribution in [0.4, 0.5) is 0 Å². The third-order valence-electron chi connectivity index (χ3n) is 8.16. The lowest BCUT2D eigenvalue weighted by molar-refractivity contribution is -0.178. The Hall–Kier alpha value is -4.76. The van der Waals surface area contributed by atoms with Gasteiger partial charge in [-0.3, -0.25) is 4.79 Å². The molecule has 4 aromatic carbocycles. The molecule has 0 radical (unpaired) electrons. The van der Waals surface area contributed by atoms with Gasteiger partial charge in [-0.1, -0.05) is 97.1 Å². The van der Waals surface area contributed by atoms with Gasteiger partial charge in [-0.2, -0.15) is 0 Å². The molecule has 2 aliphatic carbocycles. The first kappa shape index (κ1) is 28.4. The predicted octanol–water partition coefficient (Wildman–Crippen LogP) is 5.00. The van der Waals surface area contributed by atoms with Gasteiger partial charge in [0.15, 0.2) is 15.3 Å². The molecule has 2 aliphatic rings. The first-order chi connectivity index (χ1) is 20.7. The molecule has 4 aromatic rings. The fourth-order valence-electron chi connectivity index (χ4n) is 6.13. The summed E-state index contributed by atoms with van der Waals surface area (Å²) in [4.78, 5) is 39.6. The first-order valence-electron chi connectivity index (χ1n) is 13.8. The van der Waals surface area contributed by atoms with Crippen molar-refractivity contribution in [3.63, 3.8) is 0 Å². The van der Waals surface area contributed by atoms with Gasteiger partial charge in [-0.25, -0.2) is 18.0 Å². The highest BCUT2D eigenvalue weighted by Crippen LogP contribution is 2.49. The van der Waals surface area contributed by atoms with E-state index in [0.717, 1.165) is 50.8 Å². The van der Waals surface area contributed by atoms with Gasteiger partial charge in [0.05, 0.1) is 11.8 Å². The number of ether oxygens (including phenoxy) is 3. The van der Waals surface area contributed by atoms with Crippen LogP contribution in [0.3, 0.4) is 0 Å². The van der Waals surface area contributed by atoms with E-state index in [4.69, 9.17) is 14.2 Å². The van der Waals surface area contributed by atoms with Crippen molar-refractivity contribution in [3.05, 3.63) is 119 Å². The van der Waals surface area contributed by atoms with Crippen LogP contribution in [0.1, 0.15) is 41.0 Å². The molecule has 43 heavy (non-hydrogen) atoms. The summed E-state index contributed by atoms with van der Waals surface area (Å²) in [5.74, 6) is -3.48. The Morgan fingerprint density at radius 2 is 0.977 bits per heavy atom. The SMILES string of the molecule is CC(OC(=O)C(OC(=O)C(OC=O)C1c2ccccc2-c2ccccc21)C1c2ccccc2-c2ccccc21)S(C)(=O)=O. The summed E-state index contributed by atoms with van der Waals surface area (Å²) in [6.07, 6.45) is -2.06. The number of rotatable bonds is 9. The molecule has 3 atom stereocenters. The number of esters is 2. The highest BCUT2D eigenvalue weighted by Gasteiger charge is 2.46. The van der Waals surface area contributed by atoms with E-state index in [2.05, 4.69) is 0 Å². The molecule has 8 nitrogen and oxygen atoms in total. The van der Waals surface area contributed by atoms with E-state index >= 15 is 0 Å². The lowest BCUT2D eigenvalue weighted by Crippen LogP contribution is -2.42. The third-order valence-corrected chi connectivity index (χ3v) is 9.47. The van der Waals surface area contributed by atoms with Gasteiger partial charge in [0, 0.05) is 6.26 Å². The van der Waals surface area contributed by atoms with Gasteiger partial charge in [-0.15, -0.1) is 0 Å². The zero-order valence-electron chi connectivity index (χ0n) is 23.4. The second kappa shape index (κ2) is 11.1. The van der Waals surface area contributed by atoms with Crippen molar-refractivity contribution in [1.29, 1.82) is 0 Å². The van der Waals surface area contributed by atoms with Crippen molar-refractivity contribution in [1.82, 2.24) is 0 Å². The van der Waals surface area contributed by atoms with Crippen LogP contribution in [0, 0.1) is 0 Å². The highest BCUT2D eigenvalue weighted by molar-refractivity contribution is 7.91. The number of benzene rings is 4. The Morgan fingerprint density at radius 1 is 0.628 bits per heavy atom. The minimum Gasteiger partial charge on any atom is -0.452 e. The van der Waals surface area contributed by atoms with Crippen molar-refractivity contribution < 1.29 is 37.0 Å². The summed E-state index contributed by atoms with van der Waals surface area (Å²) in [7, 11) is -3.76. The molecular formula is C34H28O8S. The first-order valence-corrected chi connectivity index (χ1v) is 15.7. The highest BCUT2D eigenvalue weighted by atomic mass is 32.2. The van der Waals surface area contributed by atoms with Gasteiger partial charge < -0.3 is 14.2 Å². The molecule has 0 amide bonds. The maximum absolute atomic E-state index is 14.1. The van der Waals surface area contributed by atoms with Crippen molar-refractivity contribution in [2.45, 2.75) is 36.4 Å². The molecule has 0 saturated heterocycles. The standard InChI is InChI=1S/C34H28O8S/c1-20(43(2,38)39)41-34(37)32(30-27-17-9-5-13-23(27)24-14-6-10-18-28(24)30)42-33(36)31(40-19-35)29-25-15-7-3-11-21(25)22-12-4-8-16-26(22)29/h3-20,29-32H,1-2H3. The molecule has 0 saturated carbocycles. The van der Waals surface area contributed by atoms with E-state index in [0.29, 0.717) is 0 Å². The number of sulfone groups is 1. The smallest absolute Gasteiger partial charge is 0.349 e. The molecule has 0 heterocycles. The number of carbonyl (C=O) groups is 3. The minimum absolute atomic E-state index is 0.189. The lowest BCUT2D eigenvalue weighted by Gasteiger charge is -2.28. The summed E-state index contributed by atoms with van der Waals surface area (Å²) in [5, 5.41) is 0. The largest absolute Gasteiger partial charge is 0.452 e. The van der Waals surface area contributed by atoms with Gasteiger partial charge in [0.2, 0.25) is 12.2 Å². The quantitative estimate of drug-likeness (QED) is 0.151. The fourth-order valence-corrected chi connectivity index (χ4v) is 6.40. The van der Waals surface area contributed by atoms with E-state index in [1.807, 2.05) is 97.1 Å². The monoisotopic (exact) mass is 596 g/mol. The lowest BCUT2D eigenvalue weighted by atomic mass is 9.89. The Balaban J connectivity index is 1.43. The van der Waals surface area contributed by atoms with Crippen LogP contribution in [0.2, 0.25) is 0 Å². The second-order valence-electron chi connectivity index (χ2n) is 10.6. The Kier molecular flexibility index (Phi) is 7.35. The van der Waals surface area contributed by atoms with E-state index in [-0.39, 0.29) is 6.47 Å². The Labute approximate surface area is 249 Å². The zero-order valence-corrected chi connectivity index (χ0v) is 24.2. The minimum atomic E-state index is -3.76. The van der Waals surface area contributed by atoms with Crippen LogP contribution in [-0.2, 0) is 38.4 Å². The van der Waals surface area contributed by atoms with Gasteiger partial charge in [0.25, 0.3) is 6.47 Å². The normalized spacial score (nSPS) is 15.7. The molecule has 0 fully saturated rings. The molecule has 0 bridgehead atoms. The van der Waals surface area contributed by atoms with Crippen molar-refractivity contribution in [2.75, 3.05) is 6.26 Å². The van der Waals surface area contributed by atoms with Gasteiger partial charge >= 0.3 is 11.9 Å². The maximum Gasteiger partial charge on any atom is 0.349 e. The number of fused-ring (bicyclic) bond motifs is 6. The number of hydrogen-bond acceptors (Lipinski definition) is 8. The molecule has 0 spiro atoms. The number of carbonyl (C=O) groups excluding carboxylic acids is 3.